The monoisotopic (exact) mass is 393 g/mol. The van der Waals surface area contributed by atoms with E-state index >= 15 is 0 Å². The molecule has 0 aliphatic carbocycles. The fraction of sp³-hybridized carbons (Fsp3) is 0.389. The Morgan fingerprint density at radius 2 is 1.73 bits per heavy atom. The topological polar surface area (TPSA) is 42.4 Å². The molecule has 0 saturated heterocycles. The molecule has 8 heteroatoms. The molecular weight excluding hydrogens is 374 g/mol. The molecule has 1 aromatic carbocycles. The minimum atomic E-state index is -4.42. The Morgan fingerprint density at radius 3 is 2.23 bits per heavy atom. The Morgan fingerprint density at radius 1 is 1.19 bits per heavy atom. The van der Waals surface area contributed by atoms with Crippen LogP contribution in [0.15, 0.2) is 30.3 Å². The number of hydrogen-bond acceptors (Lipinski definition) is 3. The van der Waals surface area contributed by atoms with Crippen molar-refractivity contribution in [2.45, 2.75) is 32.4 Å². The molecule has 144 valence electrons. The van der Waals surface area contributed by atoms with Gasteiger partial charge >= 0.3 is 6.18 Å². The highest BCUT2D eigenvalue weighted by Crippen LogP contribution is 2.47. The number of alkyl halides is 3. The van der Waals surface area contributed by atoms with Gasteiger partial charge in [0.25, 0.3) is 0 Å². The smallest absolute Gasteiger partial charge is 0.399 e. The zero-order valence-corrected chi connectivity index (χ0v) is 15.3. The lowest BCUT2D eigenvalue weighted by Crippen LogP contribution is -2.21. The second-order valence-electron chi connectivity index (χ2n) is 5.33. The lowest BCUT2D eigenvalue weighted by atomic mass is 9.99. The van der Waals surface area contributed by atoms with Crippen molar-refractivity contribution in [1.82, 2.24) is 4.98 Å². The molecule has 0 amide bonds. The highest BCUT2D eigenvalue weighted by atomic mass is 35.5. The molecule has 3 nitrogen and oxygen atoms in total. The van der Waals surface area contributed by atoms with Crippen LogP contribution in [0.2, 0.25) is 5.15 Å². The van der Waals surface area contributed by atoms with Gasteiger partial charge < -0.3 is 9.84 Å². The van der Waals surface area contributed by atoms with Gasteiger partial charge in [0.15, 0.2) is 0 Å². The Kier molecular flexibility index (Phi) is 8.30. The number of nitrogens with zero attached hydrogens (tertiary/aromatic N) is 1. The van der Waals surface area contributed by atoms with Gasteiger partial charge in [-0.15, -0.1) is 0 Å². The lowest BCUT2D eigenvalue weighted by molar-refractivity contribution is -0.151. The molecule has 1 atom stereocenters. The molecule has 1 aromatic heterocycles. The normalized spacial score (nSPS) is 15.0. The van der Waals surface area contributed by atoms with E-state index in [2.05, 4.69) is 18.8 Å². The zero-order valence-electron chi connectivity index (χ0n) is 14.6. The van der Waals surface area contributed by atoms with Crippen molar-refractivity contribution in [3.63, 3.8) is 0 Å². The summed E-state index contributed by atoms with van der Waals surface area (Å²) in [6, 6.07) is 6.38. The zero-order chi connectivity index (χ0) is 19.9. The largest absolute Gasteiger partial charge is 0.490 e. The Bertz CT molecular complexity index is 706. The minimum absolute atomic E-state index is 0.0400. The highest BCUT2D eigenvalue weighted by molar-refractivity contribution is 6.29. The third-order valence-electron chi connectivity index (χ3n) is 3.25. The summed E-state index contributed by atoms with van der Waals surface area (Å²) < 4.78 is 57.0. The van der Waals surface area contributed by atoms with Crippen molar-refractivity contribution in [2.75, 3.05) is 13.7 Å². The number of benzene rings is 1. The maximum atomic E-state index is 13.0. The predicted octanol–water partition coefficient (Wildman–Crippen LogP) is 5.60. The molecule has 0 bridgehead atoms. The molecule has 1 N–H and O–H groups in total. The number of pyridine rings is 1. The molecule has 0 spiro atoms. The first kappa shape index (κ1) is 22.2. The second-order valence-corrected chi connectivity index (χ2v) is 5.72. The van der Waals surface area contributed by atoms with Gasteiger partial charge in [0, 0.05) is 18.2 Å². The number of fused-ring (bicyclic) bond motifs is 1. The van der Waals surface area contributed by atoms with Crippen molar-refractivity contribution in [1.29, 1.82) is 0 Å². The summed E-state index contributed by atoms with van der Waals surface area (Å²) >= 11 is 5.82. The number of halogens is 5. The van der Waals surface area contributed by atoms with Gasteiger partial charge in [-0.25, -0.2) is 9.37 Å². The number of rotatable bonds is 1. The molecular formula is C18H20ClF4NO2. The van der Waals surface area contributed by atoms with Crippen molar-refractivity contribution in [3.8, 4) is 17.0 Å². The number of hydrogen-bond donors (Lipinski definition) is 1. The summed E-state index contributed by atoms with van der Waals surface area (Å²) in [5.74, 6) is -2.13. The standard InChI is InChI=1S/C14H8ClF4NO.C3H8.CH4O/c15-11-5-9-10(14(17,18)19)6-21-13(9)12(20-11)7-1-3-8(16)4-2-7;1-3-2;1-2/h1-5,10H,6H2;3H2,1-2H3;2H,1H3. The highest BCUT2D eigenvalue weighted by Gasteiger charge is 2.47. The molecule has 0 fully saturated rings. The fourth-order valence-corrected chi connectivity index (χ4v) is 2.46. The average molecular weight is 394 g/mol. The van der Waals surface area contributed by atoms with Crippen LogP contribution in [0.1, 0.15) is 31.7 Å². The molecule has 2 aromatic rings. The minimum Gasteiger partial charge on any atom is -0.490 e. The third kappa shape index (κ3) is 5.32. The first-order valence-corrected chi connectivity index (χ1v) is 8.26. The van der Waals surface area contributed by atoms with Crippen LogP contribution in [0, 0.1) is 5.82 Å². The summed E-state index contributed by atoms with van der Waals surface area (Å²) in [6.07, 6.45) is -3.17. The van der Waals surface area contributed by atoms with Gasteiger partial charge in [-0.1, -0.05) is 31.9 Å². The average Bonchev–Trinajstić information content (AvgIpc) is 3.01. The Hall–Kier alpha value is -1.86. The number of aliphatic hydroxyl groups is 1. The van der Waals surface area contributed by atoms with Crippen molar-refractivity contribution < 1.29 is 27.4 Å². The van der Waals surface area contributed by atoms with Gasteiger partial charge in [-0.05, 0) is 30.3 Å². The van der Waals surface area contributed by atoms with E-state index in [1.165, 1.54) is 30.7 Å². The number of aromatic nitrogens is 1. The summed E-state index contributed by atoms with van der Waals surface area (Å²) in [4.78, 5) is 4.01. The molecule has 2 heterocycles. The molecule has 0 radical (unpaired) electrons. The summed E-state index contributed by atoms with van der Waals surface area (Å²) in [6.45, 7) is 3.75. The third-order valence-corrected chi connectivity index (χ3v) is 3.45. The maximum Gasteiger partial charge on any atom is 0.399 e. The maximum absolute atomic E-state index is 13.0. The van der Waals surface area contributed by atoms with Crippen LogP contribution in [0.25, 0.3) is 11.3 Å². The van der Waals surface area contributed by atoms with E-state index in [1.807, 2.05) is 0 Å². The first-order chi connectivity index (χ1) is 12.3. The van der Waals surface area contributed by atoms with Crippen LogP contribution >= 0.6 is 11.6 Å². The quantitative estimate of drug-likeness (QED) is 0.506. The lowest BCUT2D eigenvalue weighted by Gasteiger charge is -2.13. The van der Waals surface area contributed by atoms with Crippen LogP contribution < -0.4 is 4.74 Å². The molecule has 1 unspecified atom stereocenters. The molecule has 0 saturated carbocycles. The first-order valence-electron chi connectivity index (χ1n) is 7.88. The van der Waals surface area contributed by atoms with Crippen LogP contribution in [0.4, 0.5) is 17.6 Å². The van der Waals surface area contributed by atoms with Gasteiger partial charge in [-0.3, -0.25) is 0 Å². The van der Waals surface area contributed by atoms with Crippen LogP contribution in [-0.4, -0.2) is 30.0 Å². The van der Waals surface area contributed by atoms with E-state index in [9.17, 15) is 17.6 Å². The van der Waals surface area contributed by atoms with Crippen molar-refractivity contribution >= 4 is 11.6 Å². The molecule has 26 heavy (non-hydrogen) atoms. The van der Waals surface area contributed by atoms with E-state index < -0.39 is 24.5 Å². The van der Waals surface area contributed by atoms with E-state index in [4.69, 9.17) is 21.4 Å². The predicted molar refractivity (Wildman–Crippen MR) is 93.0 cm³/mol. The van der Waals surface area contributed by atoms with E-state index in [0.29, 0.717) is 5.56 Å². The summed E-state index contributed by atoms with van der Waals surface area (Å²) in [5, 5.41) is 6.94. The summed E-state index contributed by atoms with van der Waals surface area (Å²) in [5.41, 5.74) is 0.587. The van der Waals surface area contributed by atoms with E-state index in [-0.39, 0.29) is 22.2 Å². The van der Waals surface area contributed by atoms with Crippen LogP contribution in [-0.2, 0) is 0 Å². The van der Waals surface area contributed by atoms with Crippen molar-refractivity contribution in [3.05, 3.63) is 46.9 Å². The van der Waals surface area contributed by atoms with Crippen LogP contribution in [0.3, 0.4) is 0 Å². The van der Waals surface area contributed by atoms with Crippen molar-refractivity contribution in [2.24, 2.45) is 0 Å². The van der Waals surface area contributed by atoms with E-state index in [1.54, 1.807) is 0 Å². The van der Waals surface area contributed by atoms with Gasteiger partial charge in [0.2, 0.25) is 0 Å². The number of aliphatic hydroxyl groups excluding tert-OH is 1. The molecule has 3 rings (SSSR count). The Balaban J connectivity index is 0.000000615. The summed E-state index contributed by atoms with van der Waals surface area (Å²) in [7, 11) is 1.00. The Labute approximate surface area is 154 Å². The molecule has 1 aliphatic rings. The SMILES string of the molecule is CCC.CO.Fc1ccc(-c2nc(Cl)cc3c2OCC3C(F)(F)F)cc1. The van der Waals surface area contributed by atoms with Gasteiger partial charge in [-0.2, -0.15) is 13.2 Å². The van der Waals surface area contributed by atoms with Gasteiger partial charge in [0.05, 0.1) is 0 Å². The second kappa shape index (κ2) is 9.73. The van der Waals surface area contributed by atoms with E-state index in [0.717, 1.165) is 13.2 Å². The van der Waals surface area contributed by atoms with Gasteiger partial charge in [0.1, 0.15) is 34.9 Å². The van der Waals surface area contributed by atoms with Crippen LogP contribution in [0.5, 0.6) is 5.75 Å². The number of ether oxygens (including phenoxy) is 1. The fourth-order valence-electron chi connectivity index (χ4n) is 2.26. The molecule has 1 aliphatic heterocycles.